The lowest BCUT2D eigenvalue weighted by Crippen LogP contribution is -2.41. The van der Waals surface area contributed by atoms with Gasteiger partial charge in [-0.15, -0.1) is 0 Å². The number of hydrogen-bond donors (Lipinski definition) is 1. The molecule has 0 saturated heterocycles. The van der Waals surface area contributed by atoms with Gasteiger partial charge in [-0.1, -0.05) is 60.7 Å². The highest BCUT2D eigenvalue weighted by Gasteiger charge is 2.36. The summed E-state index contributed by atoms with van der Waals surface area (Å²) in [5, 5.41) is 8.07. The second-order valence-electron chi connectivity index (χ2n) is 9.39. The Balaban J connectivity index is 1.50. The van der Waals surface area contributed by atoms with Crippen LogP contribution >= 0.6 is 0 Å². The van der Waals surface area contributed by atoms with E-state index in [1.54, 1.807) is 7.11 Å². The zero-order valence-electron chi connectivity index (χ0n) is 21.4. The van der Waals surface area contributed by atoms with Crippen LogP contribution in [0, 0.1) is 6.92 Å². The van der Waals surface area contributed by atoms with Gasteiger partial charge in [0.05, 0.1) is 36.8 Å². The fraction of sp³-hybridized carbons (Fsp3) is 0.161. The Bertz CT molecular complexity index is 1570. The summed E-state index contributed by atoms with van der Waals surface area (Å²) in [4.78, 5) is 15.8. The fourth-order valence-corrected chi connectivity index (χ4v) is 5.19. The third-order valence-corrected chi connectivity index (χ3v) is 7.04. The molecule has 7 nitrogen and oxygen atoms in total. The highest BCUT2D eigenvalue weighted by molar-refractivity contribution is 5.76. The van der Waals surface area contributed by atoms with Crippen molar-refractivity contribution in [1.29, 1.82) is 0 Å². The maximum atomic E-state index is 13.9. The molecule has 7 heteroatoms. The van der Waals surface area contributed by atoms with Crippen molar-refractivity contribution in [2.45, 2.75) is 26.1 Å². The number of ether oxygens (including phenoxy) is 1. The van der Waals surface area contributed by atoms with Crippen molar-refractivity contribution in [2.75, 3.05) is 7.11 Å². The normalized spacial score (nSPS) is 14.4. The van der Waals surface area contributed by atoms with Crippen LogP contribution in [-0.2, 0) is 13.1 Å². The molecule has 3 aromatic carbocycles. The molecule has 190 valence electrons. The molecular weight excluding hydrogens is 474 g/mol. The number of urea groups is 1. The smallest absolute Gasteiger partial charge is 0.318 e. The Labute approximate surface area is 221 Å². The van der Waals surface area contributed by atoms with Crippen LogP contribution in [0.3, 0.4) is 0 Å². The lowest BCUT2D eigenvalue weighted by atomic mass is 10.0. The summed E-state index contributed by atoms with van der Waals surface area (Å²) < 4.78 is 9.69. The van der Waals surface area contributed by atoms with Crippen LogP contribution in [0.5, 0.6) is 5.75 Å². The molecule has 1 aliphatic heterocycles. The highest BCUT2D eigenvalue weighted by atomic mass is 16.5. The van der Waals surface area contributed by atoms with Gasteiger partial charge in [-0.3, -0.25) is 0 Å². The van der Waals surface area contributed by atoms with Gasteiger partial charge in [0, 0.05) is 18.3 Å². The average molecular weight is 504 g/mol. The first-order chi connectivity index (χ1) is 18.6. The molecule has 0 radical (unpaired) electrons. The van der Waals surface area contributed by atoms with Crippen LogP contribution in [0.4, 0.5) is 4.79 Å². The minimum atomic E-state index is -0.341. The number of rotatable bonds is 5. The van der Waals surface area contributed by atoms with Gasteiger partial charge in [0.2, 0.25) is 0 Å². The van der Waals surface area contributed by atoms with Gasteiger partial charge < -0.3 is 19.5 Å². The van der Waals surface area contributed by atoms with E-state index in [2.05, 4.69) is 16.0 Å². The van der Waals surface area contributed by atoms with Crippen LogP contribution < -0.4 is 10.1 Å². The van der Waals surface area contributed by atoms with Gasteiger partial charge in [0.25, 0.3) is 0 Å². The Kier molecular flexibility index (Phi) is 6.17. The first-order valence-electron chi connectivity index (χ1n) is 12.7. The molecule has 38 heavy (non-hydrogen) atoms. The second-order valence-corrected chi connectivity index (χ2v) is 9.39. The van der Waals surface area contributed by atoms with Gasteiger partial charge >= 0.3 is 6.03 Å². The van der Waals surface area contributed by atoms with E-state index >= 15 is 0 Å². The summed E-state index contributed by atoms with van der Waals surface area (Å²) in [7, 11) is 1.66. The molecule has 5 aromatic rings. The van der Waals surface area contributed by atoms with E-state index in [1.807, 2.05) is 114 Å². The van der Waals surface area contributed by atoms with Crippen molar-refractivity contribution in [2.24, 2.45) is 0 Å². The predicted molar refractivity (Wildman–Crippen MR) is 147 cm³/mol. The molecule has 2 amide bonds. The Morgan fingerprint density at radius 1 is 0.974 bits per heavy atom. The molecule has 2 aromatic heterocycles. The maximum absolute atomic E-state index is 13.9. The number of hydrogen-bond acceptors (Lipinski definition) is 3. The molecule has 3 heterocycles. The third-order valence-electron chi connectivity index (χ3n) is 7.04. The molecule has 6 rings (SSSR count). The number of nitrogens with one attached hydrogen (secondary N) is 1. The summed E-state index contributed by atoms with van der Waals surface area (Å²) >= 11 is 0. The van der Waals surface area contributed by atoms with E-state index in [0.717, 1.165) is 45.3 Å². The van der Waals surface area contributed by atoms with E-state index in [-0.39, 0.29) is 12.1 Å². The Morgan fingerprint density at radius 3 is 2.50 bits per heavy atom. The number of methoxy groups -OCH3 is 1. The average Bonchev–Trinajstić information content (AvgIpc) is 3.53. The maximum Gasteiger partial charge on any atom is 0.318 e. The van der Waals surface area contributed by atoms with Crippen molar-refractivity contribution >= 4 is 6.03 Å². The Hall–Kier alpha value is -4.78. The number of aromatic nitrogens is 3. The molecule has 1 atom stereocenters. The molecule has 0 saturated carbocycles. The predicted octanol–water partition coefficient (Wildman–Crippen LogP) is 5.79. The van der Waals surface area contributed by atoms with Crippen molar-refractivity contribution < 1.29 is 9.53 Å². The SMILES string of the molecule is COc1cccc([C@@H]2c3cccn3-c3c(c(C)nn3-c3ccccc3)CN2C(=O)NCc2ccccc2)c1. The van der Waals surface area contributed by atoms with E-state index in [1.165, 1.54) is 0 Å². The number of para-hydroxylation sites is 1. The molecule has 1 aliphatic rings. The fourth-order valence-electron chi connectivity index (χ4n) is 5.19. The van der Waals surface area contributed by atoms with Crippen molar-refractivity contribution in [1.82, 2.24) is 24.6 Å². The van der Waals surface area contributed by atoms with Crippen molar-refractivity contribution in [3.8, 4) is 17.3 Å². The van der Waals surface area contributed by atoms with Crippen LogP contribution in [-0.4, -0.2) is 32.4 Å². The van der Waals surface area contributed by atoms with Gasteiger partial charge in [0.15, 0.2) is 0 Å². The van der Waals surface area contributed by atoms with Crippen molar-refractivity contribution in [3.63, 3.8) is 0 Å². The quantitative estimate of drug-likeness (QED) is 0.330. The number of carbonyl (C=O) groups excluding carboxylic acids is 1. The van der Waals surface area contributed by atoms with E-state index in [0.29, 0.717) is 13.1 Å². The second kappa shape index (κ2) is 9.94. The lowest BCUT2D eigenvalue weighted by Gasteiger charge is -2.31. The molecule has 0 aliphatic carbocycles. The minimum absolute atomic E-state index is 0.144. The summed E-state index contributed by atoms with van der Waals surface area (Å²) in [6.07, 6.45) is 2.05. The van der Waals surface area contributed by atoms with Gasteiger partial charge in [-0.2, -0.15) is 5.10 Å². The Morgan fingerprint density at radius 2 is 1.74 bits per heavy atom. The summed E-state index contributed by atoms with van der Waals surface area (Å²) in [5.41, 5.74) is 5.86. The lowest BCUT2D eigenvalue weighted by molar-refractivity contribution is 0.180. The highest BCUT2D eigenvalue weighted by Crippen LogP contribution is 2.39. The number of fused-ring (bicyclic) bond motifs is 3. The van der Waals surface area contributed by atoms with Gasteiger partial charge in [-0.05, 0) is 54.4 Å². The molecule has 0 fully saturated rings. The summed E-state index contributed by atoms with van der Waals surface area (Å²) in [6, 6.07) is 31.6. The van der Waals surface area contributed by atoms with Crippen LogP contribution in [0.15, 0.2) is 103 Å². The topological polar surface area (TPSA) is 64.3 Å². The van der Waals surface area contributed by atoms with Crippen molar-refractivity contribution in [3.05, 3.63) is 131 Å². The molecule has 0 bridgehead atoms. The molecule has 0 unspecified atom stereocenters. The van der Waals surface area contributed by atoms with E-state index < -0.39 is 0 Å². The van der Waals surface area contributed by atoms with Crippen LogP contribution in [0.1, 0.15) is 34.1 Å². The van der Waals surface area contributed by atoms with Crippen LogP contribution in [0.2, 0.25) is 0 Å². The zero-order chi connectivity index (χ0) is 26.1. The zero-order valence-corrected chi connectivity index (χ0v) is 21.4. The van der Waals surface area contributed by atoms with E-state index in [9.17, 15) is 4.79 Å². The molecule has 1 N–H and O–H groups in total. The molecule has 0 spiro atoms. The number of aryl methyl sites for hydroxylation is 1. The number of benzene rings is 3. The van der Waals surface area contributed by atoms with E-state index in [4.69, 9.17) is 9.84 Å². The van der Waals surface area contributed by atoms with Crippen LogP contribution in [0.25, 0.3) is 11.5 Å². The first kappa shape index (κ1) is 23.6. The number of carbonyl (C=O) groups is 1. The summed E-state index contributed by atoms with van der Waals surface area (Å²) in [6.45, 7) is 2.85. The summed E-state index contributed by atoms with van der Waals surface area (Å²) in [5.74, 6) is 1.69. The number of nitrogens with zero attached hydrogens (tertiary/aromatic N) is 4. The van der Waals surface area contributed by atoms with Gasteiger partial charge in [-0.25, -0.2) is 9.48 Å². The van der Waals surface area contributed by atoms with Gasteiger partial charge in [0.1, 0.15) is 11.6 Å². The number of amides is 2. The monoisotopic (exact) mass is 503 g/mol. The standard InChI is InChI=1S/C31H29N5O2/c1-22-27-21-35(31(37)32-20-23-11-5-3-6-12-23)29(24-13-9-16-26(19-24)38-2)28-17-10-18-34(28)30(27)36(33-22)25-14-7-4-8-15-25/h3-19,29H,20-21H2,1-2H3,(H,32,37)/t29-/m1/s1. The minimum Gasteiger partial charge on any atom is -0.497 e. The third kappa shape index (κ3) is 4.22. The largest absolute Gasteiger partial charge is 0.497 e. The molecular formula is C31H29N5O2. The first-order valence-corrected chi connectivity index (χ1v) is 12.7.